The monoisotopic (exact) mass is 362 g/mol. The van der Waals surface area contributed by atoms with Gasteiger partial charge in [-0.1, -0.05) is 35.3 Å². The maximum absolute atomic E-state index is 13.7. The molecule has 122 valence electrons. The van der Waals surface area contributed by atoms with Gasteiger partial charge in [-0.15, -0.1) is 0 Å². The standard InChI is InChI=1S/C17H13Cl2FN4/c1-10-8-16(22-11-6-7-12(18)13(19)9-11)24-17(21-10)23-15-5-3-2-4-14(15)20/h2-9H,1H3,(H2,21,22,23,24). The highest BCUT2D eigenvalue weighted by Crippen LogP contribution is 2.27. The second kappa shape index (κ2) is 7.03. The lowest BCUT2D eigenvalue weighted by molar-refractivity contribution is 0.631. The van der Waals surface area contributed by atoms with Crippen molar-refractivity contribution in [2.75, 3.05) is 10.6 Å². The van der Waals surface area contributed by atoms with Gasteiger partial charge in [-0.25, -0.2) is 9.37 Å². The first-order valence-electron chi connectivity index (χ1n) is 7.10. The average Bonchev–Trinajstić information content (AvgIpc) is 2.53. The van der Waals surface area contributed by atoms with Crippen molar-refractivity contribution in [2.24, 2.45) is 0 Å². The summed E-state index contributed by atoms with van der Waals surface area (Å²) in [6, 6.07) is 13.3. The highest BCUT2D eigenvalue weighted by atomic mass is 35.5. The minimum atomic E-state index is -0.374. The SMILES string of the molecule is Cc1cc(Nc2ccc(Cl)c(Cl)c2)nc(Nc2ccccc2F)n1. The van der Waals surface area contributed by atoms with Crippen molar-refractivity contribution in [2.45, 2.75) is 6.92 Å². The molecule has 0 amide bonds. The van der Waals surface area contributed by atoms with Gasteiger partial charge in [-0.3, -0.25) is 0 Å². The van der Waals surface area contributed by atoms with Gasteiger partial charge in [0.1, 0.15) is 11.6 Å². The molecule has 0 aliphatic carbocycles. The molecule has 3 aromatic rings. The third-order valence-electron chi connectivity index (χ3n) is 3.17. The molecule has 24 heavy (non-hydrogen) atoms. The molecule has 2 aromatic carbocycles. The Kier molecular flexibility index (Phi) is 4.83. The predicted molar refractivity (Wildman–Crippen MR) is 96.2 cm³/mol. The van der Waals surface area contributed by atoms with E-state index in [4.69, 9.17) is 23.2 Å². The number of rotatable bonds is 4. The molecule has 0 spiro atoms. The molecule has 0 bridgehead atoms. The smallest absolute Gasteiger partial charge is 0.229 e. The van der Waals surface area contributed by atoms with Gasteiger partial charge in [-0.05, 0) is 37.3 Å². The lowest BCUT2D eigenvalue weighted by Gasteiger charge is -2.11. The van der Waals surface area contributed by atoms with E-state index >= 15 is 0 Å². The van der Waals surface area contributed by atoms with Crippen LogP contribution in [0.2, 0.25) is 10.0 Å². The van der Waals surface area contributed by atoms with Gasteiger partial charge in [0.15, 0.2) is 0 Å². The second-order valence-corrected chi connectivity index (χ2v) is 5.89. The number of halogens is 3. The third-order valence-corrected chi connectivity index (χ3v) is 3.91. The summed E-state index contributed by atoms with van der Waals surface area (Å²) >= 11 is 11.9. The van der Waals surface area contributed by atoms with Gasteiger partial charge < -0.3 is 10.6 Å². The normalized spacial score (nSPS) is 10.5. The van der Waals surface area contributed by atoms with E-state index in [1.54, 1.807) is 42.5 Å². The third kappa shape index (κ3) is 3.93. The van der Waals surface area contributed by atoms with Crippen LogP contribution in [0.25, 0.3) is 0 Å². The van der Waals surface area contributed by atoms with Crippen LogP contribution in [-0.4, -0.2) is 9.97 Å². The topological polar surface area (TPSA) is 49.8 Å². The Morgan fingerprint density at radius 1 is 0.917 bits per heavy atom. The summed E-state index contributed by atoms with van der Waals surface area (Å²) in [6.45, 7) is 1.83. The Morgan fingerprint density at radius 2 is 1.71 bits per heavy atom. The molecule has 0 unspecified atom stereocenters. The average molecular weight is 363 g/mol. The van der Waals surface area contributed by atoms with E-state index in [0.717, 1.165) is 11.4 Å². The maximum atomic E-state index is 13.7. The Labute approximate surface area is 148 Å². The van der Waals surface area contributed by atoms with Gasteiger partial charge in [0, 0.05) is 17.4 Å². The first-order valence-corrected chi connectivity index (χ1v) is 7.86. The van der Waals surface area contributed by atoms with E-state index in [-0.39, 0.29) is 5.82 Å². The van der Waals surface area contributed by atoms with Crippen LogP contribution in [0, 0.1) is 12.7 Å². The molecule has 0 radical (unpaired) electrons. The zero-order chi connectivity index (χ0) is 17.1. The van der Waals surface area contributed by atoms with E-state index in [9.17, 15) is 4.39 Å². The fourth-order valence-electron chi connectivity index (χ4n) is 2.09. The molecular formula is C17H13Cl2FN4. The van der Waals surface area contributed by atoms with Crippen molar-refractivity contribution in [1.29, 1.82) is 0 Å². The highest BCUT2D eigenvalue weighted by Gasteiger charge is 2.07. The largest absolute Gasteiger partial charge is 0.340 e. The number of nitrogens with zero attached hydrogens (tertiary/aromatic N) is 2. The van der Waals surface area contributed by atoms with Crippen LogP contribution < -0.4 is 10.6 Å². The second-order valence-electron chi connectivity index (χ2n) is 5.08. The van der Waals surface area contributed by atoms with Crippen molar-refractivity contribution in [3.63, 3.8) is 0 Å². The van der Waals surface area contributed by atoms with Crippen LogP contribution in [0.15, 0.2) is 48.5 Å². The number of aryl methyl sites for hydroxylation is 1. The first-order chi connectivity index (χ1) is 11.5. The molecule has 7 heteroatoms. The Morgan fingerprint density at radius 3 is 2.46 bits per heavy atom. The van der Waals surface area contributed by atoms with Crippen LogP contribution in [0.1, 0.15) is 5.69 Å². The summed E-state index contributed by atoms with van der Waals surface area (Å²) in [6.07, 6.45) is 0. The molecule has 0 aliphatic rings. The molecule has 4 nitrogen and oxygen atoms in total. The van der Waals surface area contributed by atoms with Crippen molar-refractivity contribution in [3.05, 3.63) is 70.1 Å². The quantitative estimate of drug-likeness (QED) is 0.623. The van der Waals surface area contributed by atoms with Gasteiger partial charge in [0.2, 0.25) is 5.95 Å². The van der Waals surface area contributed by atoms with Gasteiger partial charge in [0.05, 0.1) is 15.7 Å². The van der Waals surface area contributed by atoms with E-state index < -0.39 is 0 Å². The summed E-state index contributed by atoms with van der Waals surface area (Å²) in [7, 11) is 0. The molecule has 3 rings (SSSR count). The fraction of sp³-hybridized carbons (Fsp3) is 0.0588. The number of nitrogens with one attached hydrogen (secondary N) is 2. The molecule has 0 atom stereocenters. The molecule has 1 aromatic heterocycles. The predicted octanol–water partition coefficient (Wildman–Crippen LogP) is 5.72. The number of hydrogen-bond acceptors (Lipinski definition) is 4. The van der Waals surface area contributed by atoms with Crippen LogP contribution in [0.3, 0.4) is 0 Å². The van der Waals surface area contributed by atoms with Gasteiger partial charge >= 0.3 is 0 Å². The molecular weight excluding hydrogens is 350 g/mol. The summed E-state index contributed by atoms with van der Waals surface area (Å²) < 4.78 is 13.7. The fourth-order valence-corrected chi connectivity index (χ4v) is 2.39. The van der Waals surface area contributed by atoms with E-state index in [1.165, 1.54) is 6.07 Å². The summed E-state index contributed by atoms with van der Waals surface area (Å²) in [5, 5.41) is 6.92. The van der Waals surface area contributed by atoms with Gasteiger partial charge in [0.25, 0.3) is 0 Å². The zero-order valence-electron chi connectivity index (χ0n) is 12.6. The Balaban J connectivity index is 1.86. The van der Waals surface area contributed by atoms with Crippen LogP contribution in [0.5, 0.6) is 0 Å². The van der Waals surface area contributed by atoms with Crippen molar-refractivity contribution in [1.82, 2.24) is 9.97 Å². The minimum Gasteiger partial charge on any atom is -0.340 e. The van der Waals surface area contributed by atoms with E-state index in [0.29, 0.717) is 27.5 Å². The van der Waals surface area contributed by atoms with Crippen molar-refractivity contribution >= 4 is 46.3 Å². The van der Waals surface area contributed by atoms with Crippen LogP contribution in [0.4, 0.5) is 27.5 Å². The Bertz CT molecular complexity index is 886. The maximum Gasteiger partial charge on any atom is 0.229 e. The van der Waals surface area contributed by atoms with Crippen LogP contribution >= 0.6 is 23.2 Å². The number of para-hydroxylation sites is 1. The van der Waals surface area contributed by atoms with Crippen molar-refractivity contribution in [3.8, 4) is 0 Å². The lowest BCUT2D eigenvalue weighted by atomic mass is 10.3. The summed E-state index contributed by atoms with van der Waals surface area (Å²) in [5.74, 6) is 0.476. The molecule has 0 saturated carbocycles. The number of aromatic nitrogens is 2. The number of anilines is 4. The first kappa shape index (κ1) is 16.5. The zero-order valence-corrected chi connectivity index (χ0v) is 14.2. The molecule has 0 fully saturated rings. The lowest BCUT2D eigenvalue weighted by Crippen LogP contribution is -2.03. The number of hydrogen-bond donors (Lipinski definition) is 2. The van der Waals surface area contributed by atoms with Gasteiger partial charge in [-0.2, -0.15) is 4.98 Å². The highest BCUT2D eigenvalue weighted by molar-refractivity contribution is 6.42. The van der Waals surface area contributed by atoms with E-state index in [2.05, 4.69) is 20.6 Å². The minimum absolute atomic E-state index is 0.294. The number of benzene rings is 2. The molecule has 0 aliphatic heterocycles. The van der Waals surface area contributed by atoms with Crippen LogP contribution in [-0.2, 0) is 0 Å². The summed E-state index contributed by atoms with van der Waals surface area (Å²) in [4.78, 5) is 8.61. The molecule has 2 N–H and O–H groups in total. The van der Waals surface area contributed by atoms with E-state index in [1.807, 2.05) is 6.92 Å². The Hall–Kier alpha value is -2.37. The van der Waals surface area contributed by atoms with Crippen molar-refractivity contribution < 1.29 is 4.39 Å². The molecule has 0 saturated heterocycles. The molecule has 1 heterocycles. The summed E-state index contributed by atoms with van der Waals surface area (Å²) in [5.41, 5.74) is 1.77.